The lowest BCUT2D eigenvalue weighted by atomic mass is 9.73. The van der Waals surface area contributed by atoms with Gasteiger partial charge in [-0.3, -0.25) is 14.5 Å². The predicted octanol–water partition coefficient (Wildman–Crippen LogP) is 3.21. The molecular formula is C25H39N3O3. The molecule has 3 rings (SSSR count). The Morgan fingerprint density at radius 3 is 2.45 bits per heavy atom. The first-order valence-electron chi connectivity index (χ1n) is 11.9. The fourth-order valence-corrected chi connectivity index (χ4v) is 4.58. The van der Waals surface area contributed by atoms with Crippen molar-refractivity contribution in [2.24, 2.45) is 5.41 Å². The Labute approximate surface area is 187 Å². The molecule has 1 aromatic carbocycles. The zero-order chi connectivity index (χ0) is 22.3. The first kappa shape index (κ1) is 23.7. The van der Waals surface area contributed by atoms with Crippen molar-refractivity contribution in [2.75, 3.05) is 32.8 Å². The summed E-state index contributed by atoms with van der Waals surface area (Å²) in [6, 6.07) is 8.38. The van der Waals surface area contributed by atoms with Crippen LogP contribution in [0.2, 0.25) is 0 Å². The zero-order valence-corrected chi connectivity index (χ0v) is 19.4. The standard InChI is InChI=1S/C25H39N3O3/c1-19(2)22-8-6-21(7-9-22)18-28-14-11-25(12-15-28)10-4-5-16-31-17-13-26-23(29)20(3)27-24(25)30/h6-9,19-20H,4-5,10-18H2,1-3H3,(H,26,29)(H,27,30)/t20-/m0/s1. The average molecular weight is 430 g/mol. The van der Waals surface area contributed by atoms with Gasteiger partial charge in [0.05, 0.1) is 12.0 Å². The van der Waals surface area contributed by atoms with E-state index >= 15 is 0 Å². The Morgan fingerprint density at radius 1 is 1.06 bits per heavy atom. The molecular weight excluding hydrogens is 390 g/mol. The number of benzene rings is 1. The second-order valence-corrected chi connectivity index (χ2v) is 9.51. The highest BCUT2D eigenvalue weighted by Gasteiger charge is 2.41. The van der Waals surface area contributed by atoms with E-state index in [0.717, 1.165) is 51.7 Å². The van der Waals surface area contributed by atoms with E-state index in [1.165, 1.54) is 11.1 Å². The topological polar surface area (TPSA) is 70.7 Å². The maximum Gasteiger partial charge on any atom is 0.242 e. The van der Waals surface area contributed by atoms with E-state index in [0.29, 0.717) is 25.7 Å². The second kappa shape index (κ2) is 11.1. The molecule has 6 heteroatoms. The number of rotatable bonds is 3. The third-order valence-corrected chi connectivity index (χ3v) is 6.83. The Morgan fingerprint density at radius 2 is 1.77 bits per heavy atom. The maximum atomic E-state index is 13.3. The number of hydrogen-bond donors (Lipinski definition) is 2. The molecule has 2 amide bonds. The largest absolute Gasteiger partial charge is 0.380 e. The molecule has 1 aromatic rings. The summed E-state index contributed by atoms with van der Waals surface area (Å²) < 4.78 is 5.61. The summed E-state index contributed by atoms with van der Waals surface area (Å²) in [6.45, 7) is 10.6. The predicted molar refractivity (Wildman–Crippen MR) is 123 cm³/mol. The number of nitrogens with zero attached hydrogens (tertiary/aromatic N) is 1. The van der Waals surface area contributed by atoms with E-state index in [2.05, 4.69) is 53.6 Å². The van der Waals surface area contributed by atoms with Gasteiger partial charge in [0, 0.05) is 19.7 Å². The Bertz CT molecular complexity index is 724. The summed E-state index contributed by atoms with van der Waals surface area (Å²) in [5.74, 6) is 0.438. The molecule has 0 aromatic heterocycles. The number of piperidine rings is 1. The highest BCUT2D eigenvalue weighted by atomic mass is 16.5. The molecule has 6 nitrogen and oxygen atoms in total. The molecule has 2 heterocycles. The van der Waals surface area contributed by atoms with Crippen LogP contribution in [0.3, 0.4) is 0 Å². The molecule has 1 spiro atoms. The van der Waals surface area contributed by atoms with E-state index in [4.69, 9.17) is 4.74 Å². The van der Waals surface area contributed by atoms with Crippen LogP contribution in [0.1, 0.15) is 69.9 Å². The molecule has 0 aliphatic carbocycles. The fourth-order valence-electron chi connectivity index (χ4n) is 4.58. The Balaban J connectivity index is 1.62. The highest BCUT2D eigenvalue weighted by Crippen LogP contribution is 2.37. The van der Waals surface area contributed by atoms with Crippen molar-refractivity contribution in [3.05, 3.63) is 35.4 Å². The van der Waals surface area contributed by atoms with Crippen LogP contribution in [-0.4, -0.2) is 55.6 Å². The lowest BCUT2D eigenvalue weighted by molar-refractivity contribution is -0.138. The van der Waals surface area contributed by atoms with E-state index in [1.54, 1.807) is 6.92 Å². The number of amides is 2. The van der Waals surface area contributed by atoms with Crippen LogP contribution in [0, 0.1) is 5.41 Å². The monoisotopic (exact) mass is 429 g/mol. The minimum absolute atomic E-state index is 0.0382. The molecule has 0 unspecified atom stereocenters. The third kappa shape index (κ3) is 6.53. The lowest BCUT2D eigenvalue weighted by Crippen LogP contribution is -2.53. The van der Waals surface area contributed by atoms with E-state index < -0.39 is 6.04 Å². The molecule has 1 atom stereocenters. The summed E-state index contributed by atoms with van der Waals surface area (Å²) in [7, 11) is 0. The molecule has 2 aliphatic rings. The number of hydrogen-bond acceptors (Lipinski definition) is 4. The van der Waals surface area contributed by atoms with E-state index in [9.17, 15) is 9.59 Å². The molecule has 0 saturated carbocycles. The lowest BCUT2D eigenvalue weighted by Gasteiger charge is -2.41. The van der Waals surface area contributed by atoms with Gasteiger partial charge in [-0.15, -0.1) is 0 Å². The number of carbonyl (C=O) groups is 2. The van der Waals surface area contributed by atoms with Gasteiger partial charge in [-0.05, 0) is 62.7 Å². The molecule has 2 saturated heterocycles. The van der Waals surface area contributed by atoms with Crippen molar-refractivity contribution in [1.29, 1.82) is 0 Å². The van der Waals surface area contributed by atoms with Gasteiger partial charge >= 0.3 is 0 Å². The van der Waals surface area contributed by atoms with Crippen molar-refractivity contribution < 1.29 is 14.3 Å². The summed E-state index contributed by atoms with van der Waals surface area (Å²) in [5.41, 5.74) is 2.30. The minimum Gasteiger partial charge on any atom is -0.380 e. The quantitative estimate of drug-likeness (QED) is 0.774. The number of nitrogens with one attached hydrogen (secondary N) is 2. The first-order valence-corrected chi connectivity index (χ1v) is 11.9. The summed E-state index contributed by atoms with van der Waals surface area (Å²) in [6.07, 6.45) is 4.44. The number of ether oxygens (including phenoxy) is 1. The van der Waals surface area contributed by atoms with Crippen molar-refractivity contribution in [3.63, 3.8) is 0 Å². The normalized spacial score (nSPS) is 24.1. The first-order chi connectivity index (χ1) is 14.9. The van der Waals surface area contributed by atoms with Gasteiger partial charge in [-0.25, -0.2) is 0 Å². The van der Waals surface area contributed by atoms with Gasteiger partial charge in [-0.2, -0.15) is 0 Å². The van der Waals surface area contributed by atoms with Crippen LogP contribution >= 0.6 is 0 Å². The van der Waals surface area contributed by atoms with Crippen LogP contribution < -0.4 is 10.6 Å². The molecule has 2 aliphatic heterocycles. The second-order valence-electron chi connectivity index (χ2n) is 9.51. The van der Waals surface area contributed by atoms with Crippen molar-refractivity contribution in [3.8, 4) is 0 Å². The average Bonchev–Trinajstić information content (AvgIpc) is 2.77. The SMILES string of the molecule is CC(C)c1ccc(CN2CCC3(CCCCOCCNC(=O)[C@H](C)NC3=O)CC2)cc1. The fraction of sp³-hybridized carbons (Fsp3) is 0.680. The van der Waals surface area contributed by atoms with Gasteiger partial charge in [0.1, 0.15) is 6.04 Å². The smallest absolute Gasteiger partial charge is 0.242 e. The minimum atomic E-state index is -0.525. The van der Waals surface area contributed by atoms with Crippen LogP contribution in [0.4, 0.5) is 0 Å². The summed E-state index contributed by atoms with van der Waals surface area (Å²) >= 11 is 0. The van der Waals surface area contributed by atoms with Gasteiger partial charge in [-0.1, -0.05) is 44.5 Å². The maximum absolute atomic E-state index is 13.3. The molecule has 31 heavy (non-hydrogen) atoms. The molecule has 0 bridgehead atoms. The summed E-state index contributed by atoms with van der Waals surface area (Å²) in [4.78, 5) is 28.0. The highest BCUT2D eigenvalue weighted by molar-refractivity contribution is 5.89. The van der Waals surface area contributed by atoms with Gasteiger partial charge in [0.25, 0.3) is 0 Å². The Hall–Kier alpha value is -1.92. The van der Waals surface area contributed by atoms with Crippen molar-refractivity contribution in [2.45, 2.75) is 71.4 Å². The van der Waals surface area contributed by atoms with Crippen LogP contribution in [0.25, 0.3) is 0 Å². The summed E-state index contributed by atoms with van der Waals surface area (Å²) in [5, 5.41) is 5.84. The molecule has 2 N–H and O–H groups in total. The van der Waals surface area contributed by atoms with E-state index in [-0.39, 0.29) is 17.2 Å². The number of likely N-dealkylation sites (tertiary alicyclic amines) is 1. The third-order valence-electron chi connectivity index (χ3n) is 6.83. The van der Waals surface area contributed by atoms with Gasteiger partial charge in [0.2, 0.25) is 11.8 Å². The van der Waals surface area contributed by atoms with E-state index in [1.807, 2.05) is 0 Å². The molecule has 0 radical (unpaired) electrons. The molecule has 172 valence electrons. The zero-order valence-electron chi connectivity index (χ0n) is 19.4. The van der Waals surface area contributed by atoms with Crippen LogP contribution in [0.5, 0.6) is 0 Å². The molecule has 2 fully saturated rings. The van der Waals surface area contributed by atoms with Crippen LogP contribution in [0.15, 0.2) is 24.3 Å². The van der Waals surface area contributed by atoms with Crippen molar-refractivity contribution in [1.82, 2.24) is 15.5 Å². The van der Waals surface area contributed by atoms with Crippen molar-refractivity contribution >= 4 is 11.8 Å². The number of carbonyl (C=O) groups excluding carboxylic acids is 2. The van der Waals surface area contributed by atoms with Gasteiger partial charge in [0.15, 0.2) is 0 Å². The van der Waals surface area contributed by atoms with Crippen LogP contribution in [-0.2, 0) is 20.9 Å². The van der Waals surface area contributed by atoms with Gasteiger partial charge < -0.3 is 15.4 Å². The Kier molecular flexibility index (Phi) is 8.50.